The van der Waals surface area contributed by atoms with Gasteiger partial charge >= 0.3 is 0 Å². The maximum absolute atomic E-state index is 11.0. The van der Waals surface area contributed by atoms with Crippen molar-refractivity contribution in [1.29, 1.82) is 0 Å². The van der Waals surface area contributed by atoms with Crippen LogP contribution in [0.25, 0.3) is 16.8 Å². The molecule has 1 heteroatoms. The van der Waals surface area contributed by atoms with Crippen molar-refractivity contribution in [2.24, 2.45) is 0 Å². The molecule has 0 aliphatic carbocycles. The first-order valence-corrected chi connectivity index (χ1v) is 5.46. The Hall–Kier alpha value is -1.89. The van der Waals surface area contributed by atoms with Crippen molar-refractivity contribution >= 4 is 23.1 Å². The van der Waals surface area contributed by atoms with Crippen LogP contribution in [0, 0.1) is 0 Å². The van der Waals surface area contributed by atoms with Gasteiger partial charge < -0.3 is 0 Å². The Morgan fingerprint density at radius 1 is 1.06 bits per heavy atom. The smallest absolute Gasteiger partial charge is 0.151 e. The lowest BCUT2D eigenvalue weighted by Crippen LogP contribution is -1.87. The second-order valence-electron chi connectivity index (χ2n) is 3.11. The number of carbonyl (C=O) groups is 1. The molecule has 0 heterocycles. The zero-order valence-electron chi connectivity index (χ0n) is 9.73. The molecule has 0 atom stereocenters. The highest BCUT2D eigenvalue weighted by Crippen LogP contribution is 2.21. The van der Waals surface area contributed by atoms with E-state index >= 15 is 0 Å². The molecular formula is C15H16O. The predicted octanol–water partition coefficient (Wildman–Crippen LogP) is 4.32. The van der Waals surface area contributed by atoms with Gasteiger partial charge in [0.25, 0.3) is 0 Å². The number of hydrogen-bond acceptors (Lipinski definition) is 1. The summed E-state index contributed by atoms with van der Waals surface area (Å²) in [7, 11) is 0. The van der Waals surface area contributed by atoms with Gasteiger partial charge in [-0.1, -0.05) is 62.9 Å². The molecule has 0 saturated heterocycles. The van der Waals surface area contributed by atoms with E-state index in [2.05, 4.69) is 6.58 Å². The van der Waals surface area contributed by atoms with Crippen molar-refractivity contribution in [2.75, 3.05) is 0 Å². The van der Waals surface area contributed by atoms with Gasteiger partial charge in [-0.25, -0.2) is 0 Å². The summed E-state index contributed by atoms with van der Waals surface area (Å²) in [5.41, 5.74) is 1.61. The molecule has 0 amide bonds. The van der Waals surface area contributed by atoms with Gasteiger partial charge in [0, 0.05) is 5.56 Å². The second kappa shape index (κ2) is 5.86. The van der Waals surface area contributed by atoms with Gasteiger partial charge in [0.15, 0.2) is 6.29 Å². The van der Waals surface area contributed by atoms with Crippen LogP contribution in [-0.2, 0) is 0 Å². The van der Waals surface area contributed by atoms with Gasteiger partial charge in [-0.15, -0.1) is 0 Å². The first kappa shape index (κ1) is 12.2. The molecule has 2 rings (SSSR count). The van der Waals surface area contributed by atoms with E-state index in [1.54, 1.807) is 6.08 Å². The maximum Gasteiger partial charge on any atom is 0.151 e. The Kier molecular flexibility index (Phi) is 4.46. The van der Waals surface area contributed by atoms with E-state index in [9.17, 15) is 4.79 Å². The van der Waals surface area contributed by atoms with Crippen molar-refractivity contribution in [2.45, 2.75) is 13.8 Å². The van der Waals surface area contributed by atoms with Crippen LogP contribution in [0.5, 0.6) is 0 Å². The summed E-state index contributed by atoms with van der Waals surface area (Å²) < 4.78 is 0. The highest BCUT2D eigenvalue weighted by molar-refractivity contribution is 6.01. The zero-order chi connectivity index (χ0) is 12.0. The van der Waals surface area contributed by atoms with Crippen molar-refractivity contribution in [3.8, 4) is 0 Å². The monoisotopic (exact) mass is 212 g/mol. The average Bonchev–Trinajstić information content (AvgIpc) is 2.39. The summed E-state index contributed by atoms with van der Waals surface area (Å²) in [5.74, 6) is 0. The molecule has 16 heavy (non-hydrogen) atoms. The van der Waals surface area contributed by atoms with Crippen LogP contribution in [0.1, 0.15) is 29.8 Å². The largest absolute Gasteiger partial charge is 0.298 e. The highest BCUT2D eigenvalue weighted by Gasteiger charge is 2.02. The minimum Gasteiger partial charge on any atom is -0.298 e. The Morgan fingerprint density at radius 2 is 1.75 bits per heavy atom. The maximum atomic E-state index is 11.0. The van der Waals surface area contributed by atoms with Crippen LogP contribution in [0.2, 0.25) is 0 Å². The first-order valence-electron chi connectivity index (χ1n) is 5.46. The van der Waals surface area contributed by atoms with Crippen LogP contribution in [0.15, 0.2) is 43.0 Å². The van der Waals surface area contributed by atoms with Crippen LogP contribution in [-0.4, -0.2) is 6.29 Å². The molecule has 2 aromatic carbocycles. The zero-order valence-corrected chi connectivity index (χ0v) is 9.73. The van der Waals surface area contributed by atoms with Crippen LogP contribution in [0.3, 0.4) is 0 Å². The van der Waals surface area contributed by atoms with Gasteiger partial charge in [0.2, 0.25) is 0 Å². The van der Waals surface area contributed by atoms with Crippen LogP contribution < -0.4 is 0 Å². The summed E-state index contributed by atoms with van der Waals surface area (Å²) in [4.78, 5) is 11.0. The number of rotatable bonds is 2. The van der Waals surface area contributed by atoms with Gasteiger partial charge in [-0.2, -0.15) is 0 Å². The molecule has 0 aliphatic rings. The molecule has 0 bridgehead atoms. The Labute approximate surface area is 96.4 Å². The van der Waals surface area contributed by atoms with E-state index in [1.807, 2.05) is 50.2 Å². The highest BCUT2D eigenvalue weighted by atomic mass is 16.1. The van der Waals surface area contributed by atoms with Gasteiger partial charge in [0.05, 0.1) is 0 Å². The Morgan fingerprint density at radius 3 is 2.38 bits per heavy atom. The fourth-order valence-electron chi connectivity index (χ4n) is 1.62. The molecule has 0 radical (unpaired) electrons. The minimum atomic E-state index is 0.720. The van der Waals surface area contributed by atoms with E-state index < -0.39 is 0 Å². The van der Waals surface area contributed by atoms with Gasteiger partial charge in [0.1, 0.15) is 0 Å². The number of carbonyl (C=O) groups excluding carboxylic acids is 1. The standard InChI is InChI=1S/C13H10O.C2H6/c1-2-10-7-8-11-5-3-4-6-12(11)13(10)9-14;1-2/h2-9H,1H2;1-2H3. The summed E-state index contributed by atoms with van der Waals surface area (Å²) in [5, 5.41) is 2.07. The van der Waals surface area contributed by atoms with Crippen molar-refractivity contribution in [3.63, 3.8) is 0 Å². The van der Waals surface area contributed by atoms with Crippen molar-refractivity contribution < 1.29 is 4.79 Å². The molecule has 1 nitrogen and oxygen atoms in total. The molecule has 2 aromatic rings. The predicted molar refractivity (Wildman–Crippen MR) is 70.8 cm³/mol. The second-order valence-corrected chi connectivity index (χ2v) is 3.11. The number of benzene rings is 2. The quantitative estimate of drug-likeness (QED) is 0.677. The average molecular weight is 212 g/mol. The topological polar surface area (TPSA) is 17.1 Å². The lowest BCUT2D eigenvalue weighted by molar-refractivity contribution is 0.112. The van der Waals surface area contributed by atoms with E-state index in [1.165, 1.54) is 0 Å². The lowest BCUT2D eigenvalue weighted by Gasteiger charge is -2.03. The van der Waals surface area contributed by atoms with E-state index in [0.717, 1.165) is 28.2 Å². The molecule has 0 spiro atoms. The van der Waals surface area contributed by atoms with Gasteiger partial charge in [-0.3, -0.25) is 4.79 Å². The Balaban J connectivity index is 0.000000606. The lowest BCUT2D eigenvalue weighted by atomic mass is 10.00. The third kappa shape index (κ3) is 2.19. The third-order valence-electron chi connectivity index (χ3n) is 2.34. The fourth-order valence-corrected chi connectivity index (χ4v) is 1.62. The van der Waals surface area contributed by atoms with Gasteiger partial charge in [-0.05, 0) is 16.3 Å². The molecule has 0 aliphatic heterocycles. The molecule has 0 unspecified atom stereocenters. The summed E-state index contributed by atoms with van der Waals surface area (Å²) in [6.45, 7) is 7.69. The molecule has 0 saturated carbocycles. The number of aldehydes is 1. The van der Waals surface area contributed by atoms with Crippen molar-refractivity contribution in [1.82, 2.24) is 0 Å². The minimum absolute atomic E-state index is 0.720. The van der Waals surface area contributed by atoms with E-state index in [0.29, 0.717) is 0 Å². The molecular weight excluding hydrogens is 196 g/mol. The molecule has 0 fully saturated rings. The Bertz CT molecular complexity index is 498. The summed E-state index contributed by atoms with van der Waals surface area (Å²) in [6.07, 6.45) is 2.59. The third-order valence-corrected chi connectivity index (χ3v) is 2.34. The van der Waals surface area contributed by atoms with Crippen molar-refractivity contribution in [3.05, 3.63) is 54.1 Å². The normalized spacial score (nSPS) is 9.12. The number of hydrogen-bond donors (Lipinski definition) is 0. The molecule has 82 valence electrons. The van der Waals surface area contributed by atoms with E-state index in [-0.39, 0.29) is 0 Å². The molecule has 0 aromatic heterocycles. The first-order chi connectivity index (χ1) is 7.86. The SMILES string of the molecule is C=Cc1ccc2ccccc2c1C=O.CC. The fraction of sp³-hybridized carbons (Fsp3) is 0.133. The van der Waals surface area contributed by atoms with Crippen LogP contribution >= 0.6 is 0 Å². The summed E-state index contributed by atoms with van der Waals surface area (Å²) >= 11 is 0. The van der Waals surface area contributed by atoms with E-state index in [4.69, 9.17) is 0 Å². The number of fused-ring (bicyclic) bond motifs is 1. The van der Waals surface area contributed by atoms with Crippen LogP contribution in [0.4, 0.5) is 0 Å². The summed E-state index contributed by atoms with van der Waals surface area (Å²) in [6, 6.07) is 11.8. The molecule has 0 N–H and O–H groups in total.